The summed E-state index contributed by atoms with van der Waals surface area (Å²) in [5, 5.41) is 2.33. The number of rotatable bonds is 2. The molecule has 0 aliphatic heterocycles. The monoisotopic (exact) mass is 163 g/mol. The summed E-state index contributed by atoms with van der Waals surface area (Å²) in [4.78, 5) is 1.94. The number of halogens is 3. The minimum Gasteiger partial charge on any atom is -0.449 e. The van der Waals surface area contributed by atoms with Gasteiger partial charge in [0.05, 0.1) is 0 Å². The summed E-state index contributed by atoms with van der Waals surface area (Å²) in [6.45, 7) is -4.92. The zero-order valence-corrected chi connectivity index (χ0v) is 7.88. The van der Waals surface area contributed by atoms with Crippen LogP contribution in [0.2, 0.25) is 0 Å². The summed E-state index contributed by atoms with van der Waals surface area (Å²) in [5.74, 6) is 0. The van der Waals surface area contributed by atoms with E-state index in [1.54, 1.807) is 0 Å². The molecule has 0 radical (unpaired) electrons. The van der Waals surface area contributed by atoms with Crippen molar-refractivity contribution in [3.8, 4) is 0 Å². The van der Waals surface area contributed by atoms with E-state index in [-0.39, 0.29) is 51.4 Å². The van der Waals surface area contributed by atoms with E-state index in [4.69, 9.17) is 5.53 Å². The molecule has 0 N–H and O–H groups in total. The first-order valence-corrected chi connectivity index (χ1v) is 1.78. The average molecular weight is 163 g/mol. The van der Waals surface area contributed by atoms with Gasteiger partial charge < -0.3 is 12.9 Å². The number of hydrogen-bond acceptors (Lipinski definition) is 1. The van der Waals surface area contributed by atoms with Gasteiger partial charge in [-0.3, -0.25) is 0 Å². The van der Waals surface area contributed by atoms with Gasteiger partial charge in [0.1, 0.15) is 0 Å². The fourth-order valence-corrected chi connectivity index (χ4v) is 0.129. The second-order valence-electron chi connectivity index (χ2n) is 1.12. The van der Waals surface area contributed by atoms with Crippen LogP contribution in [0.15, 0.2) is 5.11 Å². The third-order valence-corrected chi connectivity index (χ3v) is 0.352. The molecule has 0 aromatic heterocycles. The van der Waals surface area contributed by atoms with Crippen molar-refractivity contribution >= 4 is 6.98 Å². The van der Waals surface area contributed by atoms with Gasteiger partial charge in [-0.15, -0.1) is 5.11 Å². The van der Waals surface area contributed by atoms with Crippen LogP contribution in [0, 0.1) is 0 Å². The Morgan fingerprint density at radius 3 is 2.00 bits per heavy atom. The SMILES string of the molecule is [K+].[N-]=[N+]=NC[B-](F)(F)F. The van der Waals surface area contributed by atoms with Gasteiger partial charge in [-0.25, -0.2) is 0 Å². The van der Waals surface area contributed by atoms with E-state index in [9.17, 15) is 12.9 Å². The zero-order chi connectivity index (χ0) is 6.62. The molecule has 0 aliphatic rings. The number of azide groups is 1. The largest absolute Gasteiger partial charge is 1.00 e. The summed E-state index contributed by atoms with van der Waals surface area (Å²) in [5.41, 5.74) is 7.40. The van der Waals surface area contributed by atoms with Crippen LogP contribution in [0.1, 0.15) is 0 Å². The van der Waals surface area contributed by atoms with Crippen LogP contribution in [-0.4, -0.2) is 13.4 Å². The van der Waals surface area contributed by atoms with Crippen LogP contribution >= 0.6 is 0 Å². The topological polar surface area (TPSA) is 48.8 Å². The van der Waals surface area contributed by atoms with Gasteiger partial charge in [0.2, 0.25) is 0 Å². The van der Waals surface area contributed by atoms with Gasteiger partial charge in [-0.1, -0.05) is 0 Å². The molecule has 0 saturated heterocycles. The fourth-order valence-electron chi connectivity index (χ4n) is 0.129. The van der Waals surface area contributed by atoms with E-state index in [0.717, 1.165) is 0 Å². The molecule has 0 aromatic carbocycles. The summed E-state index contributed by atoms with van der Waals surface area (Å²) in [6, 6.07) is 0. The Hall–Kier alpha value is 0.801. The van der Waals surface area contributed by atoms with Crippen LogP contribution in [0.4, 0.5) is 12.9 Å². The molecule has 3 nitrogen and oxygen atoms in total. The molecule has 46 valence electrons. The molecule has 0 unspecified atom stereocenters. The first kappa shape index (κ1) is 12.5. The van der Waals surface area contributed by atoms with Crippen molar-refractivity contribution in [1.29, 1.82) is 0 Å². The Balaban J connectivity index is 0. The van der Waals surface area contributed by atoms with Gasteiger partial charge in [0.15, 0.2) is 0 Å². The molecule has 0 amide bonds. The molecule has 0 spiro atoms. The number of nitrogens with zero attached hydrogens (tertiary/aromatic N) is 3. The smallest absolute Gasteiger partial charge is 0.449 e. The van der Waals surface area contributed by atoms with Crippen LogP contribution in [0.25, 0.3) is 10.4 Å². The van der Waals surface area contributed by atoms with Crippen molar-refractivity contribution < 1.29 is 64.3 Å². The molecule has 0 bridgehead atoms. The molecule has 0 aromatic rings. The normalized spacial score (nSPS) is 9.22. The predicted molar refractivity (Wildman–Crippen MR) is 23.1 cm³/mol. The van der Waals surface area contributed by atoms with Crippen LogP contribution in [0.5, 0.6) is 0 Å². The molecule has 0 heterocycles. The van der Waals surface area contributed by atoms with Gasteiger partial charge in [-0.05, 0) is 16.9 Å². The fraction of sp³-hybridized carbons (Fsp3) is 1.00. The Morgan fingerprint density at radius 1 is 1.44 bits per heavy atom. The van der Waals surface area contributed by atoms with E-state index >= 15 is 0 Å². The maximum absolute atomic E-state index is 11.0. The maximum Gasteiger partial charge on any atom is 1.00 e. The van der Waals surface area contributed by atoms with E-state index in [2.05, 4.69) is 5.11 Å². The van der Waals surface area contributed by atoms with Crippen molar-refractivity contribution in [3.63, 3.8) is 0 Å². The molecule has 0 atom stereocenters. The molecule has 0 saturated carbocycles. The van der Waals surface area contributed by atoms with E-state index in [1.807, 2.05) is 4.91 Å². The second kappa shape index (κ2) is 5.58. The minimum absolute atomic E-state index is 0. The summed E-state index contributed by atoms with van der Waals surface area (Å²) >= 11 is 0. The van der Waals surface area contributed by atoms with Crippen molar-refractivity contribution in [2.75, 3.05) is 6.44 Å². The Labute approximate surface area is 92.1 Å². The molecule has 9 heavy (non-hydrogen) atoms. The standard InChI is InChI=1S/CH2BF3N3.K/c3-2(4,5)1-7-8-6;/h1H2;/q-1;+1. The van der Waals surface area contributed by atoms with E-state index in [1.165, 1.54) is 0 Å². The molecular formula is CH2BF3KN3. The van der Waals surface area contributed by atoms with Crippen molar-refractivity contribution in [2.45, 2.75) is 0 Å². The van der Waals surface area contributed by atoms with Gasteiger partial charge in [0.25, 0.3) is 0 Å². The van der Waals surface area contributed by atoms with Crippen molar-refractivity contribution in [3.05, 3.63) is 10.4 Å². The molecule has 0 aliphatic carbocycles. The summed E-state index contributed by atoms with van der Waals surface area (Å²) in [6.07, 6.45) is -1.36. The van der Waals surface area contributed by atoms with Crippen LogP contribution in [-0.2, 0) is 0 Å². The molecule has 0 rings (SSSR count). The predicted octanol–water partition coefficient (Wildman–Crippen LogP) is -1.31. The summed E-state index contributed by atoms with van der Waals surface area (Å²) in [7, 11) is 0. The third kappa shape index (κ3) is 12.1. The maximum atomic E-state index is 11.0. The second-order valence-corrected chi connectivity index (χ2v) is 1.12. The zero-order valence-electron chi connectivity index (χ0n) is 4.76. The van der Waals surface area contributed by atoms with Crippen molar-refractivity contribution in [1.82, 2.24) is 0 Å². The van der Waals surface area contributed by atoms with Gasteiger partial charge in [-0.2, -0.15) is 0 Å². The Kier molecular flexibility index (Phi) is 7.73. The van der Waals surface area contributed by atoms with E-state index in [0.29, 0.717) is 0 Å². The Bertz CT molecular complexity index is 117. The third-order valence-electron chi connectivity index (χ3n) is 0.352. The average Bonchev–Trinajstić information content (AvgIpc) is 1.59. The Morgan fingerprint density at radius 2 is 1.89 bits per heavy atom. The first-order chi connectivity index (χ1) is 3.56. The van der Waals surface area contributed by atoms with Crippen LogP contribution < -0.4 is 51.4 Å². The molecule has 8 heteroatoms. The molecular weight excluding hydrogens is 161 g/mol. The quantitative estimate of drug-likeness (QED) is 0.210. The van der Waals surface area contributed by atoms with E-state index < -0.39 is 13.4 Å². The van der Waals surface area contributed by atoms with Crippen molar-refractivity contribution in [2.24, 2.45) is 5.11 Å². The first-order valence-electron chi connectivity index (χ1n) is 1.78. The number of hydrogen-bond donors (Lipinski definition) is 0. The van der Waals surface area contributed by atoms with Crippen LogP contribution in [0.3, 0.4) is 0 Å². The minimum atomic E-state index is -4.92. The molecule has 0 fully saturated rings. The van der Waals surface area contributed by atoms with Gasteiger partial charge in [0, 0.05) is 0 Å². The van der Waals surface area contributed by atoms with Gasteiger partial charge >= 0.3 is 58.4 Å². The summed E-state index contributed by atoms with van der Waals surface area (Å²) < 4.78 is 33.1.